The van der Waals surface area contributed by atoms with Gasteiger partial charge in [0, 0.05) is 5.54 Å². The quantitative estimate of drug-likeness (QED) is 0.912. The van der Waals surface area contributed by atoms with E-state index < -0.39 is 0 Å². The molecule has 0 fully saturated rings. The molecule has 0 bridgehead atoms. The van der Waals surface area contributed by atoms with Gasteiger partial charge in [0.1, 0.15) is 0 Å². The van der Waals surface area contributed by atoms with E-state index in [-0.39, 0.29) is 29.0 Å². The summed E-state index contributed by atoms with van der Waals surface area (Å²) < 4.78 is 0. The number of hydrogen-bond donors (Lipinski definition) is 2. The Kier molecular flexibility index (Phi) is 4.20. The normalized spacial score (nSPS) is 11.6. The van der Waals surface area contributed by atoms with E-state index in [0.717, 1.165) is 0 Å². The Morgan fingerprint density at radius 2 is 1.80 bits per heavy atom. The molecular formula is C14H17ClN4O. The van der Waals surface area contributed by atoms with Crippen LogP contribution in [0.1, 0.15) is 20.8 Å². The van der Waals surface area contributed by atoms with E-state index in [0.29, 0.717) is 11.0 Å². The summed E-state index contributed by atoms with van der Waals surface area (Å²) in [4.78, 5) is 20.4. The van der Waals surface area contributed by atoms with Gasteiger partial charge in [-0.25, -0.2) is 9.97 Å². The van der Waals surface area contributed by atoms with Crippen molar-refractivity contribution in [2.45, 2.75) is 26.3 Å². The maximum Gasteiger partial charge on any atom is 0.239 e. The Hall–Kier alpha value is -1.72. The predicted molar refractivity (Wildman–Crippen MR) is 80.9 cm³/mol. The van der Waals surface area contributed by atoms with Crippen molar-refractivity contribution in [3.05, 3.63) is 29.4 Å². The monoisotopic (exact) mass is 292 g/mol. The lowest BCUT2D eigenvalue weighted by Crippen LogP contribution is -2.41. The molecule has 2 rings (SSSR count). The minimum absolute atomic E-state index is 0.129. The van der Waals surface area contributed by atoms with Crippen LogP contribution in [0, 0.1) is 0 Å². The van der Waals surface area contributed by atoms with E-state index in [2.05, 4.69) is 20.6 Å². The summed E-state index contributed by atoms with van der Waals surface area (Å²) >= 11 is 6.03. The number of amides is 1. The molecule has 106 valence electrons. The third kappa shape index (κ3) is 3.88. The van der Waals surface area contributed by atoms with Crippen LogP contribution in [0.2, 0.25) is 5.15 Å². The van der Waals surface area contributed by atoms with Crippen LogP contribution < -0.4 is 10.6 Å². The fourth-order valence-electron chi connectivity index (χ4n) is 1.58. The SMILES string of the molecule is CC(C)(C)NCC(=O)Nc1nc2ccccc2nc1Cl. The number of anilines is 1. The number of benzene rings is 1. The summed E-state index contributed by atoms with van der Waals surface area (Å²) in [6.45, 7) is 6.16. The highest BCUT2D eigenvalue weighted by Crippen LogP contribution is 2.20. The lowest BCUT2D eigenvalue weighted by atomic mass is 10.1. The Labute approximate surface area is 122 Å². The average molecular weight is 293 g/mol. The summed E-state index contributed by atoms with van der Waals surface area (Å²) in [5, 5.41) is 5.95. The number of para-hydroxylation sites is 2. The van der Waals surface area contributed by atoms with Crippen molar-refractivity contribution >= 4 is 34.4 Å². The molecule has 1 aromatic carbocycles. The van der Waals surface area contributed by atoms with Crippen molar-refractivity contribution in [2.75, 3.05) is 11.9 Å². The van der Waals surface area contributed by atoms with E-state index in [1.807, 2.05) is 45.0 Å². The fraction of sp³-hybridized carbons (Fsp3) is 0.357. The van der Waals surface area contributed by atoms with E-state index in [4.69, 9.17) is 11.6 Å². The molecule has 5 nitrogen and oxygen atoms in total. The third-order valence-corrected chi connectivity index (χ3v) is 2.83. The van der Waals surface area contributed by atoms with Crippen LogP contribution >= 0.6 is 11.6 Å². The van der Waals surface area contributed by atoms with Crippen molar-refractivity contribution in [1.82, 2.24) is 15.3 Å². The summed E-state index contributed by atoms with van der Waals surface area (Å²) in [7, 11) is 0. The van der Waals surface area contributed by atoms with Crippen LogP contribution in [-0.4, -0.2) is 28.0 Å². The highest BCUT2D eigenvalue weighted by atomic mass is 35.5. The smallest absolute Gasteiger partial charge is 0.239 e. The zero-order valence-electron chi connectivity index (χ0n) is 11.7. The molecule has 2 N–H and O–H groups in total. The minimum Gasteiger partial charge on any atom is -0.307 e. The number of fused-ring (bicyclic) bond motifs is 1. The molecule has 0 spiro atoms. The fourth-order valence-corrected chi connectivity index (χ4v) is 1.76. The van der Waals surface area contributed by atoms with E-state index in [1.165, 1.54) is 0 Å². The van der Waals surface area contributed by atoms with Gasteiger partial charge in [0.2, 0.25) is 5.91 Å². The second-order valence-corrected chi connectivity index (χ2v) is 5.86. The minimum atomic E-state index is -0.202. The maximum absolute atomic E-state index is 11.8. The number of halogens is 1. The Morgan fingerprint density at radius 1 is 1.20 bits per heavy atom. The lowest BCUT2D eigenvalue weighted by molar-refractivity contribution is -0.115. The van der Waals surface area contributed by atoms with E-state index in [9.17, 15) is 4.79 Å². The number of carbonyl (C=O) groups is 1. The summed E-state index contributed by atoms with van der Waals surface area (Å²) in [5.74, 6) is 0.0810. The molecule has 0 aliphatic heterocycles. The molecule has 0 saturated heterocycles. The van der Waals surface area contributed by atoms with Crippen molar-refractivity contribution in [3.63, 3.8) is 0 Å². The van der Waals surface area contributed by atoms with Crippen molar-refractivity contribution in [1.29, 1.82) is 0 Å². The van der Waals surface area contributed by atoms with Gasteiger partial charge in [0.05, 0.1) is 17.6 Å². The van der Waals surface area contributed by atoms with Gasteiger partial charge in [-0.2, -0.15) is 0 Å². The topological polar surface area (TPSA) is 66.9 Å². The average Bonchev–Trinajstić information content (AvgIpc) is 2.36. The Morgan fingerprint density at radius 3 is 2.40 bits per heavy atom. The van der Waals surface area contributed by atoms with Gasteiger partial charge in [-0.3, -0.25) is 4.79 Å². The van der Waals surface area contributed by atoms with Gasteiger partial charge in [-0.1, -0.05) is 23.7 Å². The number of carbonyl (C=O) groups excluding carboxylic acids is 1. The standard InChI is InChI=1S/C14H17ClN4O/c1-14(2,3)16-8-11(20)19-13-12(15)17-9-6-4-5-7-10(9)18-13/h4-7,16H,8H2,1-3H3,(H,18,19,20). The van der Waals surface area contributed by atoms with E-state index in [1.54, 1.807) is 0 Å². The molecule has 1 aromatic heterocycles. The molecular weight excluding hydrogens is 276 g/mol. The number of nitrogens with zero attached hydrogens (tertiary/aromatic N) is 2. The van der Waals surface area contributed by atoms with Crippen LogP contribution in [0.4, 0.5) is 5.82 Å². The Bertz CT molecular complexity index is 637. The van der Waals surface area contributed by atoms with Crippen molar-refractivity contribution in [2.24, 2.45) is 0 Å². The molecule has 1 heterocycles. The zero-order valence-corrected chi connectivity index (χ0v) is 12.5. The van der Waals surface area contributed by atoms with Gasteiger partial charge in [-0.15, -0.1) is 0 Å². The van der Waals surface area contributed by atoms with Gasteiger partial charge in [-0.05, 0) is 32.9 Å². The first kappa shape index (κ1) is 14.7. The summed E-state index contributed by atoms with van der Waals surface area (Å²) in [5.41, 5.74) is 1.26. The molecule has 0 unspecified atom stereocenters. The van der Waals surface area contributed by atoms with Crippen molar-refractivity contribution in [3.8, 4) is 0 Å². The van der Waals surface area contributed by atoms with Gasteiger partial charge >= 0.3 is 0 Å². The molecule has 2 aromatic rings. The number of nitrogens with one attached hydrogen (secondary N) is 2. The van der Waals surface area contributed by atoms with Crippen LogP contribution in [0.15, 0.2) is 24.3 Å². The number of rotatable bonds is 3. The third-order valence-electron chi connectivity index (χ3n) is 2.57. The second-order valence-electron chi connectivity index (χ2n) is 5.50. The lowest BCUT2D eigenvalue weighted by Gasteiger charge is -2.19. The highest BCUT2D eigenvalue weighted by Gasteiger charge is 2.13. The number of aromatic nitrogens is 2. The van der Waals surface area contributed by atoms with Crippen LogP contribution in [0.25, 0.3) is 11.0 Å². The molecule has 0 atom stereocenters. The molecule has 20 heavy (non-hydrogen) atoms. The first-order chi connectivity index (χ1) is 9.35. The number of hydrogen-bond acceptors (Lipinski definition) is 4. The second kappa shape index (κ2) is 5.73. The molecule has 6 heteroatoms. The maximum atomic E-state index is 11.8. The van der Waals surface area contributed by atoms with Gasteiger partial charge in [0.25, 0.3) is 0 Å². The summed E-state index contributed by atoms with van der Waals surface area (Å²) in [6.07, 6.45) is 0. The largest absolute Gasteiger partial charge is 0.307 e. The van der Waals surface area contributed by atoms with Crippen LogP contribution in [0.5, 0.6) is 0 Å². The summed E-state index contributed by atoms with van der Waals surface area (Å²) in [6, 6.07) is 7.36. The molecule has 0 aliphatic rings. The van der Waals surface area contributed by atoms with Crippen LogP contribution in [-0.2, 0) is 4.79 Å². The molecule has 1 amide bonds. The zero-order chi connectivity index (χ0) is 14.8. The molecule has 0 aliphatic carbocycles. The molecule has 0 saturated carbocycles. The highest BCUT2D eigenvalue weighted by molar-refractivity contribution is 6.32. The first-order valence-corrected chi connectivity index (χ1v) is 6.70. The van der Waals surface area contributed by atoms with Crippen molar-refractivity contribution < 1.29 is 4.79 Å². The van der Waals surface area contributed by atoms with Gasteiger partial charge < -0.3 is 10.6 Å². The molecule has 0 radical (unpaired) electrons. The van der Waals surface area contributed by atoms with E-state index >= 15 is 0 Å². The predicted octanol–water partition coefficient (Wildman–Crippen LogP) is 2.61. The first-order valence-electron chi connectivity index (χ1n) is 6.32. The Balaban J connectivity index is 2.13. The van der Waals surface area contributed by atoms with Crippen LogP contribution in [0.3, 0.4) is 0 Å². The van der Waals surface area contributed by atoms with Gasteiger partial charge in [0.15, 0.2) is 11.0 Å².